The van der Waals surface area contributed by atoms with Crippen molar-refractivity contribution in [2.75, 3.05) is 6.61 Å². The second kappa shape index (κ2) is 13.2. The third kappa shape index (κ3) is 9.13. The molecule has 0 saturated carbocycles. The first kappa shape index (κ1) is 19.2. The van der Waals surface area contributed by atoms with Gasteiger partial charge >= 0.3 is 5.97 Å². The van der Waals surface area contributed by atoms with Gasteiger partial charge in [0.15, 0.2) is 0 Å². The summed E-state index contributed by atoms with van der Waals surface area (Å²) in [5, 5.41) is 10.2. The smallest absolute Gasteiger partial charge is 0.336 e. The SMILES string of the molecule is CCCCCC/C=C(\C(=O)OCC)C(O)CCCCC. The van der Waals surface area contributed by atoms with E-state index in [4.69, 9.17) is 4.74 Å². The first-order valence-corrected chi connectivity index (χ1v) is 8.22. The summed E-state index contributed by atoms with van der Waals surface area (Å²) in [7, 11) is 0. The average Bonchev–Trinajstić information content (AvgIpc) is 2.43. The van der Waals surface area contributed by atoms with Crippen LogP contribution in [0.5, 0.6) is 0 Å². The van der Waals surface area contributed by atoms with Crippen molar-refractivity contribution in [1.82, 2.24) is 0 Å². The van der Waals surface area contributed by atoms with E-state index < -0.39 is 6.10 Å². The number of carbonyl (C=O) groups excluding carboxylic acids is 1. The van der Waals surface area contributed by atoms with Crippen molar-refractivity contribution in [3.63, 3.8) is 0 Å². The van der Waals surface area contributed by atoms with E-state index in [1.54, 1.807) is 6.92 Å². The van der Waals surface area contributed by atoms with Crippen molar-refractivity contribution in [1.29, 1.82) is 0 Å². The first-order chi connectivity index (χ1) is 9.67. The predicted molar refractivity (Wildman–Crippen MR) is 83.6 cm³/mol. The van der Waals surface area contributed by atoms with Gasteiger partial charge in [0.05, 0.1) is 18.3 Å². The van der Waals surface area contributed by atoms with E-state index in [9.17, 15) is 9.90 Å². The fraction of sp³-hybridized carbons (Fsp3) is 0.824. The van der Waals surface area contributed by atoms with Crippen molar-refractivity contribution < 1.29 is 14.6 Å². The molecule has 0 fully saturated rings. The molecule has 0 heterocycles. The van der Waals surface area contributed by atoms with Gasteiger partial charge in [0.25, 0.3) is 0 Å². The molecule has 0 aromatic heterocycles. The van der Waals surface area contributed by atoms with E-state index >= 15 is 0 Å². The molecule has 20 heavy (non-hydrogen) atoms. The quantitative estimate of drug-likeness (QED) is 0.328. The molecule has 3 heteroatoms. The highest BCUT2D eigenvalue weighted by Crippen LogP contribution is 2.15. The molecular formula is C17H32O3. The highest BCUT2D eigenvalue weighted by atomic mass is 16.5. The molecule has 0 spiro atoms. The molecule has 0 rings (SSSR count). The lowest BCUT2D eigenvalue weighted by atomic mass is 10.0. The zero-order valence-corrected chi connectivity index (χ0v) is 13.5. The van der Waals surface area contributed by atoms with Crippen LogP contribution in [0.1, 0.15) is 78.6 Å². The summed E-state index contributed by atoms with van der Waals surface area (Å²) in [6.45, 7) is 6.45. The van der Waals surface area contributed by atoms with Crippen LogP contribution >= 0.6 is 0 Å². The second-order valence-corrected chi connectivity index (χ2v) is 5.24. The maximum absolute atomic E-state index is 11.9. The van der Waals surface area contributed by atoms with E-state index in [1.807, 2.05) is 6.08 Å². The molecule has 0 aliphatic heterocycles. The lowest BCUT2D eigenvalue weighted by Crippen LogP contribution is -2.20. The van der Waals surface area contributed by atoms with Gasteiger partial charge in [0.1, 0.15) is 0 Å². The zero-order chi connectivity index (χ0) is 15.2. The van der Waals surface area contributed by atoms with Gasteiger partial charge in [-0.15, -0.1) is 0 Å². The number of aliphatic hydroxyl groups excluding tert-OH is 1. The van der Waals surface area contributed by atoms with Crippen LogP contribution in [0.3, 0.4) is 0 Å². The van der Waals surface area contributed by atoms with E-state index in [0.29, 0.717) is 18.6 Å². The molecule has 0 aliphatic rings. The number of unbranched alkanes of at least 4 members (excludes halogenated alkanes) is 6. The van der Waals surface area contributed by atoms with Crippen molar-refractivity contribution >= 4 is 5.97 Å². The number of aliphatic hydroxyl groups is 1. The maximum Gasteiger partial charge on any atom is 0.336 e. The number of allylic oxidation sites excluding steroid dienone is 1. The standard InChI is InChI=1S/C17H32O3/c1-4-7-9-10-12-13-15(17(19)20-6-3)16(18)14-11-8-5-2/h13,16,18H,4-12,14H2,1-3H3/b15-13-. The third-order valence-electron chi connectivity index (χ3n) is 3.37. The van der Waals surface area contributed by atoms with Crippen LogP contribution in [-0.4, -0.2) is 23.8 Å². The minimum atomic E-state index is -0.674. The van der Waals surface area contributed by atoms with Crippen molar-refractivity contribution in [2.24, 2.45) is 0 Å². The Kier molecular flexibility index (Phi) is 12.6. The maximum atomic E-state index is 11.9. The summed E-state index contributed by atoms with van der Waals surface area (Å²) in [6, 6.07) is 0. The number of carbonyl (C=O) groups is 1. The van der Waals surface area contributed by atoms with Crippen LogP contribution in [0, 0.1) is 0 Å². The Hall–Kier alpha value is -0.830. The fourth-order valence-corrected chi connectivity index (χ4v) is 2.14. The van der Waals surface area contributed by atoms with Crippen LogP contribution in [0.15, 0.2) is 11.6 Å². The lowest BCUT2D eigenvalue weighted by Gasteiger charge is -2.14. The summed E-state index contributed by atoms with van der Waals surface area (Å²) < 4.78 is 5.04. The van der Waals surface area contributed by atoms with Gasteiger partial charge in [-0.25, -0.2) is 4.79 Å². The van der Waals surface area contributed by atoms with Gasteiger partial charge in [-0.3, -0.25) is 0 Å². The van der Waals surface area contributed by atoms with E-state index in [1.165, 1.54) is 19.3 Å². The molecule has 0 radical (unpaired) electrons. The largest absolute Gasteiger partial charge is 0.463 e. The highest BCUT2D eigenvalue weighted by molar-refractivity contribution is 5.89. The second-order valence-electron chi connectivity index (χ2n) is 5.24. The van der Waals surface area contributed by atoms with Crippen molar-refractivity contribution in [2.45, 2.75) is 84.7 Å². The number of esters is 1. The third-order valence-corrected chi connectivity index (χ3v) is 3.37. The van der Waals surface area contributed by atoms with Gasteiger partial charge in [-0.05, 0) is 26.2 Å². The Morgan fingerprint density at radius 2 is 1.70 bits per heavy atom. The van der Waals surface area contributed by atoms with E-state index in [-0.39, 0.29) is 5.97 Å². The van der Waals surface area contributed by atoms with Gasteiger partial charge in [0, 0.05) is 0 Å². The number of hydrogen-bond donors (Lipinski definition) is 1. The molecule has 0 bridgehead atoms. The average molecular weight is 284 g/mol. The highest BCUT2D eigenvalue weighted by Gasteiger charge is 2.19. The van der Waals surface area contributed by atoms with Crippen LogP contribution in [-0.2, 0) is 9.53 Å². The van der Waals surface area contributed by atoms with Crippen molar-refractivity contribution in [3.05, 3.63) is 11.6 Å². The van der Waals surface area contributed by atoms with Crippen LogP contribution < -0.4 is 0 Å². The molecular weight excluding hydrogens is 252 g/mol. The summed E-state index contributed by atoms with van der Waals surface area (Å²) in [4.78, 5) is 11.9. The van der Waals surface area contributed by atoms with Gasteiger partial charge in [-0.2, -0.15) is 0 Å². The topological polar surface area (TPSA) is 46.5 Å². The molecule has 1 N–H and O–H groups in total. The molecule has 118 valence electrons. The number of hydrogen-bond acceptors (Lipinski definition) is 3. The summed E-state index contributed by atoms with van der Waals surface area (Å²) in [6.07, 6.45) is 10.5. The number of ether oxygens (including phenoxy) is 1. The Labute approximate surface area is 124 Å². The van der Waals surface area contributed by atoms with Gasteiger partial charge < -0.3 is 9.84 Å². The Bertz CT molecular complexity index is 271. The predicted octanol–water partition coefficient (Wildman–Crippen LogP) is 4.39. The molecule has 0 saturated heterocycles. The summed E-state index contributed by atoms with van der Waals surface area (Å²) in [5.74, 6) is -0.355. The molecule has 0 aliphatic carbocycles. The van der Waals surface area contributed by atoms with Crippen LogP contribution in [0.25, 0.3) is 0 Å². The molecule has 0 aromatic rings. The minimum Gasteiger partial charge on any atom is -0.463 e. The zero-order valence-electron chi connectivity index (χ0n) is 13.5. The van der Waals surface area contributed by atoms with E-state index in [2.05, 4.69) is 13.8 Å². The Balaban J connectivity index is 4.38. The Morgan fingerprint density at radius 3 is 2.30 bits per heavy atom. The normalized spacial score (nSPS) is 13.3. The van der Waals surface area contributed by atoms with Gasteiger partial charge in [0.2, 0.25) is 0 Å². The lowest BCUT2D eigenvalue weighted by molar-refractivity contribution is -0.139. The molecule has 1 atom stereocenters. The van der Waals surface area contributed by atoms with Crippen LogP contribution in [0.4, 0.5) is 0 Å². The first-order valence-electron chi connectivity index (χ1n) is 8.22. The summed E-state index contributed by atoms with van der Waals surface area (Å²) >= 11 is 0. The summed E-state index contributed by atoms with van der Waals surface area (Å²) in [5.41, 5.74) is 0.458. The van der Waals surface area contributed by atoms with Crippen LogP contribution in [0.2, 0.25) is 0 Å². The molecule has 0 aromatic carbocycles. The van der Waals surface area contributed by atoms with Crippen molar-refractivity contribution in [3.8, 4) is 0 Å². The van der Waals surface area contributed by atoms with Gasteiger partial charge in [-0.1, -0.05) is 58.4 Å². The number of rotatable bonds is 12. The monoisotopic (exact) mass is 284 g/mol. The molecule has 3 nitrogen and oxygen atoms in total. The van der Waals surface area contributed by atoms with E-state index in [0.717, 1.165) is 32.1 Å². The fourth-order valence-electron chi connectivity index (χ4n) is 2.14. The molecule has 1 unspecified atom stereocenters. The Morgan fingerprint density at radius 1 is 1.05 bits per heavy atom. The minimum absolute atomic E-state index is 0.355. The molecule has 0 amide bonds.